The second-order valence-electron chi connectivity index (χ2n) is 17.9. The number of azo groups is 1. The number of aryl methyl sites for hydroxylation is 1. The van der Waals surface area contributed by atoms with Gasteiger partial charge in [0.25, 0.3) is 46.0 Å². The van der Waals surface area contributed by atoms with Crippen molar-refractivity contribution in [2.75, 3.05) is 27.8 Å². The number of hydrogen-bond donors (Lipinski definition) is 11. The first-order chi connectivity index (χ1) is 38.5. The molecular weight excluding hydrogens is 1160 g/mol. The van der Waals surface area contributed by atoms with Crippen molar-refractivity contribution in [3.63, 3.8) is 0 Å². The normalized spacial score (nSPS) is 12.6. The van der Waals surface area contributed by atoms with E-state index in [2.05, 4.69) is 46.4 Å². The molecule has 0 saturated heterocycles. The van der Waals surface area contributed by atoms with Gasteiger partial charge in [0.15, 0.2) is 11.5 Å². The Morgan fingerprint density at radius 3 is 1.83 bits per heavy atom. The highest BCUT2D eigenvalue weighted by Gasteiger charge is 2.32. The Bertz CT molecular complexity index is 4650. The number of phenolic OH excluding ortho intramolecular Hbond substituents is 1. The van der Waals surface area contributed by atoms with E-state index in [1.165, 1.54) is 54.1 Å². The van der Waals surface area contributed by atoms with E-state index in [-0.39, 0.29) is 59.2 Å². The lowest BCUT2D eigenvalue weighted by Gasteiger charge is -2.24. The second-order valence-corrected chi connectivity index (χ2v) is 23.5. The van der Waals surface area contributed by atoms with Crippen LogP contribution in [0.1, 0.15) is 52.0 Å². The molecule has 2 heterocycles. The van der Waals surface area contributed by atoms with Crippen molar-refractivity contribution in [2.45, 2.75) is 45.3 Å². The Morgan fingerprint density at radius 2 is 1.20 bits per heavy atom. The maximum Gasteiger partial charge on any atom is 0.337 e. The van der Waals surface area contributed by atoms with Crippen LogP contribution in [-0.4, -0.2) is 111 Å². The molecule has 424 valence electrons. The van der Waals surface area contributed by atoms with Gasteiger partial charge in [0.05, 0.1) is 44.3 Å². The number of aromatic hydroxyl groups is 1. The Balaban J connectivity index is 1.21. The van der Waals surface area contributed by atoms with Gasteiger partial charge in [-0.2, -0.15) is 48.6 Å². The van der Waals surface area contributed by atoms with Crippen LogP contribution in [0.4, 0.5) is 52.0 Å². The largest absolute Gasteiger partial charge is 0.505 e. The first-order valence-corrected chi connectivity index (χ1v) is 29.2. The van der Waals surface area contributed by atoms with Crippen molar-refractivity contribution in [1.29, 1.82) is 0 Å². The molecule has 11 N–H and O–H groups in total. The smallest absolute Gasteiger partial charge is 0.337 e. The molecule has 0 fully saturated rings. The zero-order valence-electron chi connectivity index (χ0n) is 41.6. The molecule has 0 radical (unpaired) electrons. The fraction of sp³-hybridized carbons (Fsp3) is 0.122. The Hall–Kier alpha value is -9.35. The van der Waals surface area contributed by atoms with Gasteiger partial charge in [0, 0.05) is 42.4 Å². The molecule has 1 aliphatic rings. The number of carbonyl (C=O) groups is 3. The Kier molecular flexibility index (Phi) is 15.1. The molecule has 0 bridgehead atoms. The summed E-state index contributed by atoms with van der Waals surface area (Å²) in [6, 6.07) is 18.5. The molecule has 8 aromatic rings. The number of unbranched alkanes of at least 4 members (excludes halogenated alkanes) is 2. The van der Waals surface area contributed by atoms with Crippen LogP contribution in [0.15, 0.2) is 132 Å². The third-order valence-electron chi connectivity index (χ3n) is 12.6. The van der Waals surface area contributed by atoms with Gasteiger partial charge >= 0.3 is 11.9 Å². The van der Waals surface area contributed by atoms with E-state index in [9.17, 15) is 81.3 Å². The number of aromatic nitrogens is 4. The summed E-state index contributed by atoms with van der Waals surface area (Å²) in [5.41, 5.74) is -3.21. The summed E-state index contributed by atoms with van der Waals surface area (Å²) in [5.74, 6) is -6.06. The van der Waals surface area contributed by atoms with E-state index in [0.717, 1.165) is 12.1 Å². The number of carboxylic acids is 2. The molecule has 29 nitrogen and oxygen atoms in total. The van der Waals surface area contributed by atoms with Crippen molar-refractivity contribution in [3.8, 4) is 16.9 Å². The average molecular weight is 1200 g/mol. The summed E-state index contributed by atoms with van der Waals surface area (Å²) < 4.78 is 146. The molecular formula is C49H40N10O19S4. The number of aliphatic carboxylic acids is 1. The molecule has 33 heteroatoms. The van der Waals surface area contributed by atoms with E-state index in [1.807, 2.05) is 0 Å². The molecule has 0 amide bonds. The van der Waals surface area contributed by atoms with Crippen molar-refractivity contribution < 1.29 is 81.6 Å². The van der Waals surface area contributed by atoms with Gasteiger partial charge < -0.3 is 41.2 Å². The first kappa shape index (κ1) is 57.3. The number of ketones is 1. The number of nitrogens with one attached hydrogen (secondary N) is 4. The number of rotatable bonds is 20. The third kappa shape index (κ3) is 11.6. The highest BCUT2D eigenvalue weighted by molar-refractivity contribution is 7.87. The Morgan fingerprint density at radius 1 is 0.585 bits per heavy atom. The molecule has 0 atom stereocenters. The van der Waals surface area contributed by atoms with Gasteiger partial charge in [0.1, 0.15) is 26.1 Å². The van der Waals surface area contributed by atoms with Gasteiger partial charge in [-0.15, -0.1) is 10.2 Å². The number of carboxylic acid groups (broad SMARTS) is 2. The number of nitrogens with zero attached hydrogens (tertiary/aromatic N) is 6. The lowest BCUT2D eigenvalue weighted by atomic mass is 9.83. The number of aromatic carboxylic acids is 1. The van der Waals surface area contributed by atoms with Crippen LogP contribution in [0.3, 0.4) is 0 Å². The van der Waals surface area contributed by atoms with Gasteiger partial charge in [-0.05, 0) is 84.0 Å². The molecule has 82 heavy (non-hydrogen) atoms. The third-order valence-corrected chi connectivity index (χ3v) is 16.1. The molecule has 2 aromatic heterocycles. The van der Waals surface area contributed by atoms with Crippen molar-refractivity contribution in [2.24, 2.45) is 17.3 Å². The summed E-state index contributed by atoms with van der Waals surface area (Å²) in [7, 11) is -20.2. The fourth-order valence-electron chi connectivity index (χ4n) is 8.92. The van der Waals surface area contributed by atoms with Crippen molar-refractivity contribution in [1.82, 2.24) is 19.5 Å². The number of phenols is 1. The Labute approximate surface area is 462 Å². The van der Waals surface area contributed by atoms with E-state index < -0.39 is 146 Å². The first-order valence-electron chi connectivity index (χ1n) is 23.5. The number of fused-ring (bicyclic) bond motifs is 3. The summed E-state index contributed by atoms with van der Waals surface area (Å²) in [6.07, 6.45) is 0.717. The van der Waals surface area contributed by atoms with E-state index in [0.29, 0.717) is 41.8 Å². The van der Waals surface area contributed by atoms with Gasteiger partial charge in [-0.3, -0.25) is 32.6 Å². The second kappa shape index (κ2) is 21.6. The van der Waals surface area contributed by atoms with Crippen molar-refractivity contribution in [3.05, 3.63) is 124 Å². The predicted molar refractivity (Wildman–Crippen MR) is 291 cm³/mol. The average Bonchev–Trinajstić information content (AvgIpc) is 3.57. The molecule has 6 aromatic carbocycles. The molecule has 0 unspecified atom stereocenters. The maximum atomic E-state index is 14.4. The van der Waals surface area contributed by atoms with Gasteiger partial charge in [-0.25, -0.2) is 4.79 Å². The van der Waals surface area contributed by atoms with Crippen LogP contribution in [0.2, 0.25) is 0 Å². The summed E-state index contributed by atoms with van der Waals surface area (Å²) in [6.45, 7) is 0.00279. The lowest BCUT2D eigenvalue weighted by Crippen LogP contribution is -2.21. The number of hydrogen-bond acceptors (Lipinski definition) is 22. The molecule has 1 aliphatic carbocycles. The van der Waals surface area contributed by atoms with Crippen LogP contribution >= 0.6 is 0 Å². The summed E-state index contributed by atoms with van der Waals surface area (Å²) >= 11 is 0. The molecule has 0 spiro atoms. The molecule has 0 aliphatic heterocycles. The van der Waals surface area contributed by atoms with Gasteiger partial charge in [0.2, 0.25) is 17.8 Å². The van der Waals surface area contributed by atoms with Gasteiger partial charge in [-0.1, -0.05) is 42.8 Å². The zero-order chi connectivity index (χ0) is 59.4. The number of benzene rings is 6. The SMILES string of the molecule is Cn1c(=O)cc2c3c(c(Nc4cc(Nc5nc(NCCCCCC(=O)O)nc(Nc6cc(S(=O)(=O)O)cc7cc(S(=O)(=O)O)c(N=Nc8ccccc8C(=O)O)c(O)c67)n5)c(S(=O)(=O)O)cc4S(=O)(=O)O)ccc31)C(=O)c1ccccc1-2. The molecule has 9 rings (SSSR count). The zero-order valence-corrected chi connectivity index (χ0v) is 44.9. The highest BCUT2D eigenvalue weighted by atomic mass is 32.2. The maximum absolute atomic E-state index is 14.4. The summed E-state index contributed by atoms with van der Waals surface area (Å²) in [5, 5.41) is 48.1. The minimum Gasteiger partial charge on any atom is -0.505 e. The van der Waals surface area contributed by atoms with Crippen LogP contribution < -0.4 is 26.8 Å². The van der Waals surface area contributed by atoms with E-state index in [4.69, 9.17) is 5.11 Å². The monoisotopic (exact) mass is 1200 g/mol. The van der Waals surface area contributed by atoms with Crippen LogP contribution in [-0.2, 0) is 52.3 Å². The van der Waals surface area contributed by atoms with E-state index >= 15 is 0 Å². The standard InChI is InChI=1S/C49H40N10O19S4/c1-59-34-15-14-30(42-41(34)28(20-38(59)60)25-9-4-5-10-26(25)44(42)63)51-31-21-32(36(81(73,74)75)22-35(31)80(70,71)72)52-48-54-47(50-16-8-2-3-13-39(61)62)55-49(56-48)53-33-19-24(79(67,68)69)17-23-18-37(82(76,77)78)43(45(64)40(23)33)58-57-29-12-7-6-11-27(29)46(65)66/h4-7,9-12,14-15,17-22,51,64H,2-3,8,13,16H2,1H3,(H,61,62)(H,65,66)(H,67,68,69)(H,70,71,72)(H,73,74,75)(H,76,77,78)(H3,50,52,53,54,55,56). The minimum atomic E-state index is -5.52. The number of pyridine rings is 1. The lowest BCUT2D eigenvalue weighted by molar-refractivity contribution is -0.137. The fourth-order valence-corrected chi connectivity index (χ4v) is 11.5. The quantitative estimate of drug-likeness (QED) is 0.0204. The number of carbonyl (C=O) groups excluding carboxylic acids is 1. The minimum absolute atomic E-state index is 0.00279. The molecule has 0 saturated carbocycles. The predicted octanol–water partition coefficient (Wildman–Crippen LogP) is 7.18. The van der Waals surface area contributed by atoms with Crippen LogP contribution in [0.25, 0.3) is 32.8 Å². The highest BCUT2D eigenvalue weighted by Crippen LogP contribution is 2.47. The van der Waals surface area contributed by atoms with E-state index in [1.54, 1.807) is 18.2 Å². The summed E-state index contributed by atoms with van der Waals surface area (Å²) in [4.78, 5) is 58.8. The van der Waals surface area contributed by atoms with Crippen LogP contribution in [0.5, 0.6) is 5.75 Å². The topological polar surface area (TPSA) is 463 Å². The van der Waals surface area contributed by atoms with Crippen LogP contribution in [0, 0.1) is 0 Å². The number of anilines is 7. The van der Waals surface area contributed by atoms with Crippen molar-refractivity contribution >= 4 is 132 Å².